The number of benzene rings is 1. The second-order valence-corrected chi connectivity index (χ2v) is 4.66. The molecule has 92 valence electrons. The summed E-state index contributed by atoms with van der Waals surface area (Å²) in [5, 5.41) is 0. The summed E-state index contributed by atoms with van der Waals surface area (Å²) >= 11 is 0. The summed E-state index contributed by atoms with van der Waals surface area (Å²) in [6, 6.07) is 10.1. The second kappa shape index (κ2) is 6.40. The van der Waals surface area contributed by atoms with Gasteiger partial charge in [-0.3, -0.25) is 10.2 Å². The molecule has 0 unspecified atom stereocenters. The number of carbonyl (C=O) groups is 1. The quantitative estimate of drug-likeness (QED) is 0.783. The average Bonchev–Trinajstić information content (AvgIpc) is 2.41. The first kappa shape index (κ1) is 12.1. The maximum atomic E-state index is 11.8. The Labute approximate surface area is 103 Å². The van der Waals surface area contributed by atoms with Gasteiger partial charge in [-0.05, 0) is 18.4 Å². The van der Waals surface area contributed by atoms with Crippen LogP contribution >= 0.6 is 0 Å². The lowest BCUT2D eigenvalue weighted by molar-refractivity contribution is -0.127. The highest BCUT2D eigenvalue weighted by Crippen LogP contribution is 2.23. The Morgan fingerprint density at radius 1 is 1.12 bits per heavy atom. The summed E-state index contributed by atoms with van der Waals surface area (Å²) in [5.74, 6) is 0.368. The van der Waals surface area contributed by atoms with E-state index in [9.17, 15) is 4.79 Å². The van der Waals surface area contributed by atoms with Gasteiger partial charge in [-0.1, -0.05) is 49.6 Å². The highest BCUT2D eigenvalue weighted by atomic mass is 16.2. The van der Waals surface area contributed by atoms with Crippen LogP contribution < -0.4 is 10.9 Å². The number of amides is 1. The molecule has 1 aliphatic rings. The van der Waals surface area contributed by atoms with Crippen molar-refractivity contribution in [1.29, 1.82) is 0 Å². The number of hydrogen-bond donors (Lipinski definition) is 2. The topological polar surface area (TPSA) is 41.1 Å². The summed E-state index contributed by atoms with van der Waals surface area (Å²) in [5.41, 5.74) is 6.99. The van der Waals surface area contributed by atoms with Crippen LogP contribution in [0.5, 0.6) is 0 Å². The Hall–Kier alpha value is -1.35. The number of nitrogens with one attached hydrogen (secondary N) is 2. The van der Waals surface area contributed by atoms with Crippen molar-refractivity contribution < 1.29 is 4.79 Å². The Morgan fingerprint density at radius 3 is 2.53 bits per heavy atom. The molecule has 1 saturated carbocycles. The van der Waals surface area contributed by atoms with Crippen LogP contribution in [-0.4, -0.2) is 5.91 Å². The molecule has 0 saturated heterocycles. The number of carbonyl (C=O) groups excluding carboxylic acids is 1. The van der Waals surface area contributed by atoms with Crippen LogP contribution in [-0.2, 0) is 11.3 Å². The fraction of sp³-hybridized carbons (Fsp3) is 0.500. The van der Waals surface area contributed by atoms with Crippen molar-refractivity contribution in [1.82, 2.24) is 10.9 Å². The highest BCUT2D eigenvalue weighted by molar-refractivity contribution is 5.78. The Morgan fingerprint density at radius 2 is 1.82 bits per heavy atom. The number of hydrogen-bond acceptors (Lipinski definition) is 2. The normalized spacial score (nSPS) is 16.7. The van der Waals surface area contributed by atoms with Crippen molar-refractivity contribution in [3.8, 4) is 0 Å². The standard InChI is InChI=1S/C14H20N2O/c17-14(13-9-5-2-6-10-13)16-15-11-12-7-3-1-4-8-12/h1,3-4,7-8,13,15H,2,5-6,9-11H2,(H,16,17). The van der Waals surface area contributed by atoms with Gasteiger partial charge in [-0.15, -0.1) is 0 Å². The van der Waals surface area contributed by atoms with Crippen molar-refractivity contribution >= 4 is 5.91 Å². The van der Waals surface area contributed by atoms with Crippen LogP contribution in [0.1, 0.15) is 37.7 Å². The van der Waals surface area contributed by atoms with Gasteiger partial charge in [0.1, 0.15) is 0 Å². The molecule has 3 nitrogen and oxygen atoms in total. The molecular formula is C14H20N2O. The fourth-order valence-corrected chi connectivity index (χ4v) is 2.30. The lowest BCUT2D eigenvalue weighted by Crippen LogP contribution is -2.41. The summed E-state index contributed by atoms with van der Waals surface area (Å²) in [6.45, 7) is 0.680. The van der Waals surface area contributed by atoms with E-state index in [1.54, 1.807) is 0 Å². The average molecular weight is 232 g/mol. The molecule has 0 spiro atoms. The van der Waals surface area contributed by atoms with Gasteiger partial charge in [-0.2, -0.15) is 0 Å². The van der Waals surface area contributed by atoms with Gasteiger partial charge in [0, 0.05) is 12.5 Å². The molecule has 2 rings (SSSR count). The lowest BCUT2D eigenvalue weighted by atomic mass is 9.89. The van der Waals surface area contributed by atoms with Crippen LogP contribution in [0.3, 0.4) is 0 Å². The van der Waals surface area contributed by atoms with Crippen LogP contribution in [0.4, 0.5) is 0 Å². The van der Waals surface area contributed by atoms with E-state index in [2.05, 4.69) is 10.9 Å². The van der Waals surface area contributed by atoms with Crippen LogP contribution in [0.2, 0.25) is 0 Å². The van der Waals surface area contributed by atoms with Gasteiger partial charge in [0.05, 0.1) is 0 Å². The third-order valence-corrected chi connectivity index (χ3v) is 3.32. The van der Waals surface area contributed by atoms with E-state index in [1.165, 1.54) is 24.8 Å². The van der Waals surface area contributed by atoms with Gasteiger partial charge in [0.2, 0.25) is 5.91 Å². The predicted molar refractivity (Wildman–Crippen MR) is 68.0 cm³/mol. The molecular weight excluding hydrogens is 212 g/mol. The molecule has 0 aromatic heterocycles. The molecule has 2 N–H and O–H groups in total. The van der Waals surface area contributed by atoms with Crippen molar-refractivity contribution in [2.45, 2.75) is 38.6 Å². The third kappa shape index (κ3) is 3.86. The molecule has 0 bridgehead atoms. The van der Waals surface area contributed by atoms with Crippen LogP contribution in [0.15, 0.2) is 30.3 Å². The van der Waals surface area contributed by atoms with Gasteiger partial charge in [0.15, 0.2) is 0 Å². The smallest absolute Gasteiger partial charge is 0.237 e. The number of hydrazine groups is 1. The zero-order valence-electron chi connectivity index (χ0n) is 10.1. The van der Waals surface area contributed by atoms with Crippen molar-refractivity contribution in [2.24, 2.45) is 5.92 Å². The summed E-state index contributed by atoms with van der Waals surface area (Å²) < 4.78 is 0. The highest BCUT2D eigenvalue weighted by Gasteiger charge is 2.20. The summed E-state index contributed by atoms with van der Waals surface area (Å²) in [4.78, 5) is 11.8. The summed E-state index contributed by atoms with van der Waals surface area (Å²) in [6.07, 6.45) is 5.74. The largest absolute Gasteiger partial charge is 0.291 e. The van der Waals surface area contributed by atoms with E-state index < -0.39 is 0 Å². The first-order chi connectivity index (χ1) is 8.36. The van der Waals surface area contributed by atoms with Gasteiger partial charge >= 0.3 is 0 Å². The first-order valence-electron chi connectivity index (χ1n) is 6.43. The third-order valence-electron chi connectivity index (χ3n) is 3.32. The minimum atomic E-state index is 0.153. The minimum absolute atomic E-state index is 0.153. The molecule has 0 aliphatic heterocycles. The first-order valence-corrected chi connectivity index (χ1v) is 6.43. The van der Waals surface area contributed by atoms with Gasteiger partial charge in [0.25, 0.3) is 0 Å². The zero-order valence-corrected chi connectivity index (χ0v) is 10.1. The Kier molecular flexibility index (Phi) is 4.56. The molecule has 1 aliphatic carbocycles. The van der Waals surface area contributed by atoms with Crippen molar-refractivity contribution in [3.05, 3.63) is 35.9 Å². The molecule has 1 amide bonds. The molecule has 1 fully saturated rings. The molecule has 0 atom stereocenters. The lowest BCUT2D eigenvalue weighted by Gasteiger charge is -2.20. The molecule has 0 radical (unpaired) electrons. The maximum absolute atomic E-state index is 11.8. The number of rotatable bonds is 4. The van der Waals surface area contributed by atoms with E-state index in [4.69, 9.17) is 0 Å². The van der Waals surface area contributed by atoms with Crippen LogP contribution in [0.25, 0.3) is 0 Å². The molecule has 0 heterocycles. The Bertz CT molecular complexity index is 344. The van der Waals surface area contributed by atoms with E-state index in [0.717, 1.165) is 12.8 Å². The van der Waals surface area contributed by atoms with E-state index >= 15 is 0 Å². The zero-order chi connectivity index (χ0) is 11.9. The van der Waals surface area contributed by atoms with Gasteiger partial charge < -0.3 is 0 Å². The SMILES string of the molecule is O=C(NNCc1ccccc1)C1CCCCC1. The molecule has 17 heavy (non-hydrogen) atoms. The maximum Gasteiger partial charge on any atom is 0.237 e. The molecule has 1 aromatic rings. The van der Waals surface area contributed by atoms with E-state index in [-0.39, 0.29) is 11.8 Å². The van der Waals surface area contributed by atoms with Crippen molar-refractivity contribution in [3.63, 3.8) is 0 Å². The molecule has 3 heteroatoms. The predicted octanol–water partition coefficient (Wildman–Crippen LogP) is 2.39. The fourth-order valence-electron chi connectivity index (χ4n) is 2.30. The van der Waals surface area contributed by atoms with Gasteiger partial charge in [-0.25, -0.2) is 5.43 Å². The molecule has 1 aromatic carbocycles. The van der Waals surface area contributed by atoms with E-state index in [1.807, 2.05) is 30.3 Å². The summed E-state index contributed by atoms with van der Waals surface area (Å²) in [7, 11) is 0. The Balaban J connectivity index is 1.69. The minimum Gasteiger partial charge on any atom is -0.291 e. The monoisotopic (exact) mass is 232 g/mol. The van der Waals surface area contributed by atoms with E-state index in [0.29, 0.717) is 6.54 Å². The van der Waals surface area contributed by atoms with Crippen LogP contribution in [0, 0.1) is 5.92 Å². The van der Waals surface area contributed by atoms with Crippen molar-refractivity contribution in [2.75, 3.05) is 0 Å². The second-order valence-electron chi connectivity index (χ2n) is 4.66.